The Kier molecular flexibility index (Phi) is 42.7. The van der Waals surface area contributed by atoms with Crippen molar-refractivity contribution in [2.24, 2.45) is 5.73 Å². The Hall–Kier alpha value is -3.54. The molecule has 8 unspecified atom stereocenters. The molecule has 0 rings (SSSR count). The van der Waals surface area contributed by atoms with Crippen LogP contribution >= 0.6 is 0 Å². The van der Waals surface area contributed by atoms with E-state index in [4.69, 9.17) is 10.8 Å². The van der Waals surface area contributed by atoms with Gasteiger partial charge in [0.15, 0.2) is 0 Å². The quantitative estimate of drug-likeness (QED) is 0.0303. The van der Waals surface area contributed by atoms with Crippen molar-refractivity contribution in [1.29, 1.82) is 0 Å². The highest BCUT2D eigenvalue weighted by Gasteiger charge is 2.31. The summed E-state index contributed by atoms with van der Waals surface area (Å²) in [7, 11) is 1.33. The van der Waals surface area contributed by atoms with Gasteiger partial charge in [0.25, 0.3) is 0 Å². The van der Waals surface area contributed by atoms with E-state index in [1.54, 1.807) is 13.8 Å². The van der Waals surface area contributed by atoms with Gasteiger partial charge in [0.05, 0.1) is 32.5 Å². The number of nitrogens with one attached hydrogen (secondary N) is 1. The van der Waals surface area contributed by atoms with Crippen LogP contribution in [0, 0.1) is 0 Å². The number of hydrogen-bond donors (Lipinski definition) is 10. The molecule has 55 heavy (non-hydrogen) atoms. The number of aliphatic hydroxyl groups is 8. The Morgan fingerprint density at radius 3 is 1.20 bits per heavy atom. The Balaban J connectivity index is -0.000000247. The van der Waals surface area contributed by atoms with Gasteiger partial charge in [0.1, 0.15) is 49.8 Å². The molecule has 0 aliphatic heterocycles. The molecule has 0 saturated heterocycles. The van der Waals surface area contributed by atoms with Gasteiger partial charge in [-0.3, -0.25) is 28.8 Å². The Morgan fingerprint density at radius 1 is 0.545 bits per heavy atom. The molecule has 21 heteroatoms. The molecule has 0 aliphatic rings. The Labute approximate surface area is 323 Å². The zero-order valence-electron chi connectivity index (χ0n) is 32.2. The summed E-state index contributed by atoms with van der Waals surface area (Å²) in [5, 5.41) is 78.2. The summed E-state index contributed by atoms with van der Waals surface area (Å²) in [5.74, 6) is -2.29. The molecule has 0 aromatic heterocycles. The number of aliphatic hydroxyl groups excluding tert-OH is 8. The molecule has 328 valence electrons. The van der Waals surface area contributed by atoms with Crippen LogP contribution in [0.15, 0.2) is 0 Å². The molecular weight excluding hydrogens is 740 g/mol. The monoisotopic (exact) mass is 808 g/mol. The number of ether oxygens (including phenoxy) is 5. The van der Waals surface area contributed by atoms with Crippen molar-refractivity contribution in [3.8, 4) is 0 Å². The molecule has 0 fully saturated rings. The largest absolute Gasteiger partial charge is 0.469 e. The Bertz CT molecular complexity index is 1000. The average Bonchev–Trinajstić information content (AvgIpc) is 3.11. The van der Waals surface area contributed by atoms with Crippen molar-refractivity contribution in [2.75, 3.05) is 46.6 Å². The summed E-state index contributed by atoms with van der Waals surface area (Å²) < 4.78 is 22.2. The zero-order chi connectivity index (χ0) is 42.8. The maximum atomic E-state index is 11.7. The van der Waals surface area contributed by atoms with Crippen LogP contribution < -0.4 is 11.1 Å². The van der Waals surface area contributed by atoms with Gasteiger partial charge in [-0.05, 0) is 26.7 Å². The number of carbonyl (C=O) groups excluding carboxylic acids is 6. The van der Waals surface area contributed by atoms with Crippen LogP contribution in [0.25, 0.3) is 0 Å². The summed E-state index contributed by atoms with van der Waals surface area (Å²) in [6.07, 6.45) is -9.15. The van der Waals surface area contributed by atoms with E-state index < -0.39 is 74.0 Å². The first-order chi connectivity index (χ1) is 25.1. The lowest BCUT2D eigenvalue weighted by molar-refractivity contribution is -0.153. The van der Waals surface area contributed by atoms with Crippen LogP contribution in [0.1, 0.15) is 87.5 Å². The minimum Gasteiger partial charge on any atom is -0.469 e. The van der Waals surface area contributed by atoms with Gasteiger partial charge in [-0.2, -0.15) is 0 Å². The fraction of sp³-hybridized carbons (Fsp3) is 0.824. The van der Waals surface area contributed by atoms with E-state index >= 15 is 0 Å². The fourth-order valence-corrected chi connectivity index (χ4v) is 3.50. The number of methoxy groups -OCH3 is 1. The topological polar surface area (TPSA) is 348 Å². The second-order valence-electron chi connectivity index (χ2n) is 11.2. The summed E-state index contributed by atoms with van der Waals surface area (Å²) >= 11 is 0. The number of hydrogen-bond acceptors (Lipinski definition) is 20. The predicted octanol–water partition coefficient (Wildman–Crippen LogP) is -2.65. The van der Waals surface area contributed by atoms with Crippen molar-refractivity contribution in [3.05, 3.63) is 0 Å². The normalized spacial score (nSPS) is 14.4. The SMILES string of the molecule is C.CC(=O)OCC(O)C(O)C(O)C(O)CN.CCOC(C)=O.CCOC(C)=O.COC(=O)CCCCCCC(=O)NCC(O)C(O)C(O)C(O)COC(C)=O. The molecule has 0 saturated carbocycles. The highest BCUT2D eigenvalue weighted by Crippen LogP contribution is 2.08. The molecule has 0 heterocycles. The van der Waals surface area contributed by atoms with E-state index in [9.17, 15) is 64.5 Å². The van der Waals surface area contributed by atoms with Crippen molar-refractivity contribution in [3.63, 3.8) is 0 Å². The van der Waals surface area contributed by atoms with Crippen molar-refractivity contribution in [2.45, 2.75) is 136 Å². The molecule has 0 aliphatic carbocycles. The number of unbranched alkanes of at least 4 members (excludes halogenated alkanes) is 3. The maximum Gasteiger partial charge on any atom is 0.305 e. The van der Waals surface area contributed by atoms with Gasteiger partial charge in [-0.15, -0.1) is 0 Å². The first-order valence-corrected chi connectivity index (χ1v) is 17.1. The second-order valence-corrected chi connectivity index (χ2v) is 11.2. The number of amides is 1. The lowest BCUT2D eigenvalue weighted by Crippen LogP contribution is -2.50. The molecule has 8 atom stereocenters. The third-order valence-corrected chi connectivity index (χ3v) is 6.40. The van der Waals surface area contributed by atoms with Crippen molar-refractivity contribution in [1.82, 2.24) is 5.32 Å². The predicted molar refractivity (Wildman–Crippen MR) is 194 cm³/mol. The lowest BCUT2D eigenvalue weighted by Gasteiger charge is -2.26. The number of esters is 5. The highest BCUT2D eigenvalue weighted by molar-refractivity contribution is 5.75. The third kappa shape index (κ3) is 40.0. The molecule has 0 aromatic rings. The first kappa shape index (κ1) is 60.7. The molecule has 21 nitrogen and oxygen atoms in total. The number of nitrogens with two attached hydrogens (primary N) is 1. The van der Waals surface area contributed by atoms with Crippen LogP contribution in [0.3, 0.4) is 0 Å². The molecule has 0 bridgehead atoms. The summed E-state index contributed by atoms with van der Waals surface area (Å²) in [5.41, 5.74) is 5.04. The van der Waals surface area contributed by atoms with Gasteiger partial charge in [-0.1, -0.05) is 20.3 Å². The smallest absolute Gasteiger partial charge is 0.305 e. The van der Waals surface area contributed by atoms with Crippen molar-refractivity contribution < 1.29 is 93.3 Å². The minimum absolute atomic E-state index is 0. The molecule has 0 spiro atoms. The lowest BCUT2D eigenvalue weighted by atomic mass is 10.0. The summed E-state index contributed by atoms with van der Waals surface area (Å²) in [6.45, 7) is 8.04. The van der Waals surface area contributed by atoms with E-state index in [0.717, 1.165) is 26.7 Å². The standard InChI is InChI=1S/C17H31NO9.C8H17NO6.2C4H8O2.CH4/c1-11(19)27-10-13(21)17(25)16(24)12(20)9-18-14(22)7-5-3-4-6-8-15(23)26-2;1-4(10)15-3-6(12)8(14)7(13)5(11)2-9;2*1-3-6-4(2)5;/h12-13,16-17,20-21,24-25H,3-10H2,1-2H3,(H,18,22);5-8,11-14H,2-3,9H2,1H3;2*3H2,1-2H3;1H4. The van der Waals surface area contributed by atoms with Crippen molar-refractivity contribution >= 4 is 35.8 Å². The van der Waals surface area contributed by atoms with Gasteiger partial charge in [0, 0.05) is 53.6 Å². The molecule has 11 N–H and O–H groups in total. The van der Waals surface area contributed by atoms with E-state index in [0.29, 0.717) is 32.5 Å². The van der Waals surface area contributed by atoms with Gasteiger partial charge < -0.3 is 75.6 Å². The summed E-state index contributed by atoms with van der Waals surface area (Å²) in [6, 6.07) is 0. The highest BCUT2D eigenvalue weighted by atomic mass is 16.6. The van der Waals surface area contributed by atoms with E-state index in [1.165, 1.54) is 21.0 Å². The molecule has 0 radical (unpaired) electrons. The van der Waals surface area contributed by atoms with Gasteiger partial charge in [0.2, 0.25) is 5.91 Å². The van der Waals surface area contributed by atoms with Gasteiger partial charge >= 0.3 is 29.8 Å². The minimum atomic E-state index is -1.74. The molecule has 0 aromatic carbocycles. The van der Waals surface area contributed by atoms with Gasteiger partial charge in [-0.25, -0.2) is 0 Å². The van der Waals surface area contributed by atoms with Crippen LogP contribution in [0.4, 0.5) is 0 Å². The van der Waals surface area contributed by atoms with Crippen LogP contribution in [-0.2, 0) is 52.5 Å². The summed E-state index contributed by atoms with van der Waals surface area (Å²) in [4.78, 5) is 63.3. The Morgan fingerprint density at radius 2 is 0.891 bits per heavy atom. The van der Waals surface area contributed by atoms with Crippen LogP contribution in [0.5, 0.6) is 0 Å². The molecular formula is C34H68N2O19. The second kappa shape index (κ2) is 38.7. The first-order valence-electron chi connectivity index (χ1n) is 17.1. The van der Waals surface area contributed by atoms with E-state index in [1.807, 2.05) is 0 Å². The zero-order valence-corrected chi connectivity index (χ0v) is 32.2. The maximum absolute atomic E-state index is 11.7. The average molecular weight is 809 g/mol. The molecule has 1 amide bonds. The van der Waals surface area contributed by atoms with Crippen LogP contribution in [0.2, 0.25) is 0 Å². The van der Waals surface area contributed by atoms with Crippen LogP contribution in [-0.4, -0.2) is 172 Å². The number of carbonyl (C=O) groups is 6. The number of rotatable bonds is 22. The van der Waals surface area contributed by atoms with E-state index in [2.05, 4.69) is 29.0 Å². The third-order valence-electron chi connectivity index (χ3n) is 6.40. The fourth-order valence-electron chi connectivity index (χ4n) is 3.50. The van der Waals surface area contributed by atoms with E-state index in [-0.39, 0.29) is 50.8 Å².